The van der Waals surface area contributed by atoms with Crippen molar-refractivity contribution >= 4 is 17.6 Å². The van der Waals surface area contributed by atoms with Crippen LogP contribution in [0.2, 0.25) is 0 Å². The highest BCUT2D eigenvalue weighted by molar-refractivity contribution is 5.73. The molecule has 1 aliphatic heterocycles. The third kappa shape index (κ3) is 11.8. The summed E-state index contributed by atoms with van der Waals surface area (Å²) in [4.78, 5) is 30.3. The highest BCUT2D eigenvalue weighted by Crippen LogP contribution is 2.14. The zero-order valence-corrected chi connectivity index (χ0v) is 15.0. The fourth-order valence-electron chi connectivity index (χ4n) is 1.85. The van der Waals surface area contributed by atoms with Gasteiger partial charge in [-0.25, -0.2) is 9.59 Å². The quantitative estimate of drug-likeness (QED) is 0.364. The number of non-ortho nitro benzene ring substituents is 1. The van der Waals surface area contributed by atoms with Gasteiger partial charge in [-0.3, -0.25) is 15.0 Å². The Hall–Kier alpha value is -2.94. The van der Waals surface area contributed by atoms with Crippen LogP contribution in [0.4, 0.5) is 32.0 Å². The molecular weight excluding hydrogens is 432 g/mol. The van der Waals surface area contributed by atoms with Crippen LogP contribution in [0, 0.1) is 10.1 Å². The van der Waals surface area contributed by atoms with E-state index in [0.29, 0.717) is 0 Å². The molecule has 0 atom stereocenters. The van der Waals surface area contributed by atoms with Crippen molar-refractivity contribution in [2.45, 2.75) is 18.9 Å². The number of hydrogen-bond donors (Lipinski definition) is 3. The van der Waals surface area contributed by atoms with Crippen molar-refractivity contribution in [1.29, 1.82) is 0 Å². The van der Waals surface area contributed by atoms with Crippen molar-refractivity contribution in [3.8, 4) is 0 Å². The fourth-order valence-corrected chi connectivity index (χ4v) is 1.85. The number of alkyl halides is 6. The number of nitro benzene ring substituents is 1. The van der Waals surface area contributed by atoms with E-state index in [1.807, 2.05) is 12.1 Å². The molecule has 0 radical (unpaired) electrons. The Morgan fingerprint density at radius 3 is 1.63 bits per heavy atom. The molecule has 1 heterocycles. The van der Waals surface area contributed by atoms with Crippen molar-refractivity contribution in [3.63, 3.8) is 0 Å². The summed E-state index contributed by atoms with van der Waals surface area (Å²) in [5.41, 5.74) is 1.29. The van der Waals surface area contributed by atoms with Gasteiger partial charge in [0.1, 0.15) is 0 Å². The van der Waals surface area contributed by atoms with E-state index in [4.69, 9.17) is 19.8 Å². The summed E-state index contributed by atoms with van der Waals surface area (Å²) in [7, 11) is 0. The molecule has 3 N–H and O–H groups in total. The second-order valence-corrected chi connectivity index (χ2v) is 5.56. The molecule has 30 heavy (non-hydrogen) atoms. The highest BCUT2D eigenvalue weighted by Gasteiger charge is 2.38. The van der Waals surface area contributed by atoms with Crippen molar-refractivity contribution in [1.82, 2.24) is 10.2 Å². The van der Waals surface area contributed by atoms with Gasteiger partial charge in [0, 0.05) is 44.9 Å². The predicted octanol–water partition coefficient (Wildman–Crippen LogP) is 2.27. The van der Waals surface area contributed by atoms with E-state index < -0.39 is 24.3 Å². The van der Waals surface area contributed by atoms with E-state index in [0.717, 1.165) is 38.3 Å². The Kier molecular flexibility index (Phi) is 10.7. The molecule has 1 aromatic carbocycles. The standard InChI is InChI=1S/C11H15N3O2.2C2HF3O2/c15-14(16)11-3-1-10(2-4-11)9-13-7-5-12-6-8-13;2*3-2(4,5)1(6)7/h1-4,12H,5-9H2;2*(H,6,7). The Morgan fingerprint density at radius 1 is 0.967 bits per heavy atom. The van der Waals surface area contributed by atoms with Gasteiger partial charge >= 0.3 is 24.3 Å². The number of piperazine rings is 1. The number of nitrogens with one attached hydrogen (secondary N) is 1. The average molecular weight is 449 g/mol. The number of hydrogen-bond acceptors (Lipinski definition) is 6. The lowest BCUT2D eigenvalue weighted by Gasteiger charge is -2.27. The molecule has 2 rings (SSSR count). The Morgan fingerprint density at radius 2 is 1.33 bits per heavy atom. The predicted molar refractivity (Wildman–Crippen MR) is 88.6 cm³/mol. The largest absolute Gasteiger partial charge is 0.490 e. The molecule has 0 aromatic heterocycles. The molecule has 0 unspecified atom stereocenters. The normalized spacial score (nSPS) is 14.5. The number of nitrogens with zero attached hydrogens (tertiary/aromatic N) is 2. The summed E-state index contributed by atoms with van der Waals surface area (Å²) in [6, 6.07) is 6.80. The maximum Gasteiger partial charge on any atom is 0.490 e. The van der Waals surface area contributed by atoms with Crippen LogP contribution in [0.1, 0.15) is 5.56 Å². The molecule has 15 heteroatoms. The van der Waals surface area contributed by atoms with Crippen LogP contribution in [0.3, 0.4) is 0 Å². The molecule has 0 aliphatic carbocycles. The van der Waals surface area contributed by atoms with E-state index in [1.165, 1.54) is 0 Å². The second-order valence-electron chi connectivity index (χ2n) is 5.56. The summed E-state index contributed by atoms with van der Waals surface area (Å²) >= 11 is 0. The van der Waals surface area contributed by atoms with Crippen LogP contribution >= 0.6 is 0 Å². The first-order valence-corrected chi connectivity index (χ1v) is 7.91. The molecule has 0 amide bonds. The van der Waals surface area contributed by atoms with Gasteiger partial charge in [0.05, 0.1) is 4.92 Å². The van der Waals surface area contributed by atoms with Crippen LogP contribution in [-0.2, 0) is 16.1 Å². The molecule has 0 bridgehead atoms. The van der Waals surface area contributed by atoms with E-state index >= 15 is 0 Å². The lowest BCUT2D eigenvalue weighted by molar-refractivity contribution is -0.384. The summed E-state index contributed by atoms with van der Waals surface area (Å²) in [6.45, 7) is 4.99. The van der Waals surface area contributed by atoms with Crippen LogP contribution in [-0.4, -0.2) is 70.5 Å². The third-order valence-corrected chi connectivity index (χ3v) is 3.25. The summed E-state index contributed by atoms with van der Waals surface area (Å²) in [6.07, 6.45) is -10.2. The molecule has 1 fully saturated rings. The smallest absolute Gasteiger partial charge is 0.475 e. The Balaban J connectivity index is 0.000000503. The summed E-state index contributed by atoms with van der Waals surface area (Å²) in [5, 5.41) is 28.0. The Bertz CT molecular complexity index is 678. The van der Waals surface area contributed by atoms with Crippen molar-refractivity contribution in [2.75, 3.05) is 26.2 Å². The minimum absolute atomic E-state index is 0.157. The zero-order chi connectivity index (χ0) is 23.5. The van der Waals surface area contributed by atoms with Gasteiger partial charge in [-0.15, -0.1) is 0 Å². The van der Waals surface area contributed by atoms with E-state index in [9.17, 15) is 36.5 Å². The number of carboxylic acid groups (broad SMARTS) is 2. The maximum atomic E-state index is 10.6. The first-order valence-electron chi connectivity index (χ1n) is 7.91. The molecule has 1 aromatic rings. The molecule has 1 aliphatic rings. The topological polar surface area (TPSA) is 133 Å². The van der Waals surface area contributed by atoms with Gasteiger partial charge in [0.25, 0.3) is 5.69 Å². The van der Waals surface area contributed by atoms with Gasteiger partial charge in [0.2, 0.25) is 0 Å². The molecule has 9 nitrogen and oxygen atoms in total. The first-order chi connectivity index (χ1) is 13.6. The van der Waals surface area contributed by atoms with Crippen LogP contribution in [0.25, 0.3) is 0 Å². The number of carboxylic acids is 2. The number of benzene rings is 1. The molecular formula is C15H17F6N3O6. The first kappa shape index (κ1) is 27.1. The fraction of sp³-hybridized carbons (Fsp3) is 0.467. The molecule has 1 saturated heterocycles. The SMILES string of the molecule is O=C(O)C(F)(F)F.O=C(O)C(F)(F)F.O=[N+]([O-])c1ccc(CN2CCNCC2)cc1. The van der Waals surface area contributed by atoms with Gasteiger partial charge < -0.3 is 15.5 Å². The Labute approximate surface area is 165 Å². The number of halogens is 6. The van der Waals surface area contributed by atoms with Gasteiger partial charge in [-0.2, -0.15) is 26.3 Å². The van der Waals surface area contributed by atoms with Gasteiger partial charge in [0.15, 0.2) is 0 Å². The average Bonchev–Trinajstić information content (AvgIpc) is 2.62. The monoisotopic (exact) mass is 449 g/mol. The highest BCUT2D eigenvalue weighted by atomic mass is 19.4. The van der Waals surface area contributed by atoms with E-state index in [1.54, 1.807) is 12.1 Å². The number of carbonyl (C=O) groups is 2. The van der Waals surface area contributed by atoms with Gasteiger partial charge in [-0.05, 0) is 5.56 Å². The molecule has 0 saturated carbocycles. The van der Waals surface area contributed by atoms with Crippen molar-refractivity contribution in [3.05, 3.63) is 39.9 Å². The summed E-state index contributed by atoms with van der Waals surface area (Å²) < 4.78 is 63.5. The van der Waals surface area contributed by atoms with Crippen LogP contribution in [0.15, 0.2) is 24.3 Å². The van der Waals surface area contributed by atoms with Crippen molar-refractivity contribution in [2.24, 2.45) is 0 Å². The lowest BCUT2D eigenvalue weighted by atomic mass is 10.2. The second kappa shape index (κ2) is 11.9. The minimum Gasteiger partial charge on any atom is -0.475 e. The number of aliphatic carboxylic acids is 2. The number of rotatable bonds is 3. The maximum absolute atomic E-state index is 10.6. The number of nitro groups is 1. The van der Waals surface area contributed by atoms with Crippen molar-refractivity contribution < 1.29 is 51.1 Å². The van der Waals surface area contributed by atoms with Gasteiger partial charge in [-0.1, -0.05) is 12.1 Å². The van der Waals surface area contributed by atoms with Crippen LogP contribution < -0.4 is 5.32 Å². The lowest BCUT2D eigenvalue weighted by Crippen LogP contribution is -2.42. The molecule has 0 spiro atoms. The van der Waals surface area contributed by atoms with Crippen LogP contribution in [0.5, 0.6) is 0 Å². The minimum atomic E-state index is -5.08. The van der Waals surface area contributed by atoms with E-state index in [2.05, 4.69) is 10.2 Å². The zero-order valence-electron chi connectivity index (χ0n) is 15.0. The third-order valence-electron chi connectivity index (χ3n) is 3.25. The van der Waals surface area contributed by atoms with E-state index in [-0.39, 0.29) is 10.6 Å². The molecule has 170 valence electrons. The summed E-state index contributed by atoms with van der Waals surface area (Å²) in [5.74, 6) is -5.51.